The molecule has 3 aromatic carbocycles. The predicted molar refractivity (Wildman–Crippen MR) is 137 cm³/mol. The number of aromatic nitrogens is 1. The van der Waals surface area contributed by atoms with Crippen LogP contribution < -0.4 is 15.4 Å². The summed E-state index contributed by atoms with van der Waals surface area (Å²) < 4.78 is 43.3. The first-order chi connectivity index (χ1) is 18.6. The Morgan fingerprint density at radius 2 is 1.82 bits per heavy atom. The van der Waals surface area contributed by atoms with Crippen LogP contribution in [0.15, 0.2) is 72.9 Å². The van der Waals surface area contributed by atoms with E-state index >= 15 is 0 Å². The van der Waals surface area contributed by atoms with E-state index in [1.165, 1.54) is 6.07 Å². The number of hydrogen-bond acceptors (Lipinski definition) is 5. The first-order valence-electron chi connectivity index (χ1n) is 12.0. The third-order valence-electron chi connectivity index (χ3n) is 7.48. The summed E-state index contributed by atoms with van der Waals surface area (Å²) in [5.74, 6) is -2.22. The van der Waals surface area contributed by atoms with E-state index in [4.69, 9.17) is 11.6 Å². The summed E-state index contributed by atoms with van der Waals surface area (Å²) in [6.07, 6.45) is -3.01. The zero-order valence-corrected chi connectivity index (χ0v) is 20.7. The van der Waals surface area contributed by atoms with Gasteiger partial charge in [0.15, 0.2) is 0 Å². The molecule has 1 spiro atoms. The van der Waals surface area contributed by atoms with Crippen LogP contribution >= 0.6 is 11.6 Å². The average molecular weight is 557 g/mol. The number of halogens is 4. The molecule has 0 bridgehead atoms. The summed E-state index contributed by atoms with van der Waals surface area (Å²) in [5.41, 5.74) is 0.737. The van der Waals surface area contributed by atoms with Crippen LogP contribution in [0.25, 0.3) is 10.9 Å². The third kappa shape index (κ3) is 4.18. The average Bonchev–Trinajstić information content (AvgIpc) is 3.52. The Labute approximate surface area is 224 Å². The molecule has 12 heteroatoms. The lowest BCUT2D eigenvalue weighted by molar-refractivity contribution is -0.526. The Balaban J connectivity index is 1.52. The van der Waals surface area contributed by atoms with Crippen molar-refractivity contribution in [1.29, 1.82) is 0 Å². The van der Waals surface area contributed by atoms with Crippen molar-refractivity contribution in [2.24, 2.45) is 0 Å². The van der Waals surface area contributed by atoms with Crippen molar-refractivity contribution in [1.82, 2.24) is 10.3 Å². The predicted octanol–water partition coefficient (Wildman–Crippen LogP) is 5.51. The van der Waals surface area contributed by atoms with Crippen LogP contribution in [0.2, 0.25) is 5.02 Å². The van der Waals surface area contributed by atoms with Gasteiger partial charge in [-0.05, 0) is 53.9 Å². The monoisotopic (exact) mass is 556 g/mol. The first-order valence-corrected chi connectivity index (χ1v) is 12.4. The van der Waals surface area contributed by atoms with Gasteiger partial charge >= 0.3 is 6.36 Å². The molecule has 4 aromatic rings. The van der Waals surface area contributed by atoms with Gasteiger partial charge in [0.25, 0.3) is 0 Å². The van der Waals surface area contributed by atoms with Crippen molar-refractivity contribution in [3.63, 3.8) is 0 Å². The number of H-pyrrole nitrogens is 1. The van der Waals surface area contributed by atoms with Crippen molar-refractivity contribution >= 4 is 34.1 Å². The Morgan fingerprint density at radius 1 is 1.08 bits per heavy atom. The Bertz CT molecular complexity index is 1610. The number of carbonyl (C=O) groups is 1. The van der Waals surface area contributed by atoms with Crippen LogP contribution in [0.3, 0.4) is 0 Å². The van der Waals surface area contributed by atoms with Gasteiger partial charge in [0.1, 0.15) is 11.3 Å². The number of aromatic amines is 1. The van der Waals surface area contributed by atoms with E-state index in [-0.39, 0.29) is 17.7 Å². The van der Waals surface area contributed by atoms with Crippen molar-refractivity contribution in [2.75, 3.05) is 5.32 Å². The van der Waals surface area contributed by atoms with Gasteiger partial charge in [-0.15, -0.1) is 13.2 Å². The number of anilines is 1. The van der Waals surface area contributed by atoms with Gasteiger partial charge in [0.2, 0.25) is 11.9 Å². The van der Waals surface area contributed by atoms with Crippen LogP contribution in [0, 0.1) is 10.1 Å². The number of benzene rings is 3. The van der Waals surface area contributed by atoms with Crippen LogP contribution in [-0.4, -0.2) is 34.3 Å². The largest absolute Gasteiger partial charge is 0.573 e. The fourth-order valence-electron chi connectivity index (χ4n) is 6.00. The number of amides is 1. The minimum Gasteiger partial charge on any atom is -0.406 e. The maximum Gasteiger partial charge on any atom is 0.573 e. The van der Waals surface area contributed by atoms with Crippen LogP contribution in [0.4, 0.5) is 18.9 Å². The maximum atomic E-state index is 13.7. The molecule has 2 aliphatic heterocycles. The van der Waals surface area contributed by atoms with Crippen LogP contribution in [0.1, 0.15) is 22.6 Å². The number of nitro groups is 1. The molecule has 0 aliphatic carbocycles. The molecular formula is C27H20ClF3N4O4. The first kappa shape index (κ1) is 25.2. The van der Waals surface area contributed by atoms with Gasteiger partial charge in [-0.2, -0.15) is 0 Å². The molecule has 0 radical (unpaired) electrons. The van der Waals surface area contributed by atoms with Crippen molar-refractivity contribution < 1.29 is 27.6 Å². The Morgan fingerprint density at radius 3 is 2.54 bits per heavy atom. The minimum atomic E-state index is -4.96. The molecule has 3 heterocycles. The summed E-state index contributed by atoms with van der Waals surface area (Å²) in [7, 11) is 0. The standard InChI is InChI=1S/C27H20ClF3N4O4/c28-16-7-5-14(6-8-16)23-24(35(37)38)22(11-15-13-32-20-4-2-1-3-18(15)20)34-26(23)19-12-17(39-27(29,30)31)9-10-21(19)33-25(26)36/h1-10,12-13,22-24,32,34H,11H2,(H,33,36)/t22-,23+,24-,26+/m1/s1. The number of rotatable bonds is 5. The highest BCUT2D eigenvalue weighted by atomic mass is 35.5. The van der Waals surface area contributed by atoms with E-state index in [9.17, 15) is 28.1 Å². The molecule has 4 atom stereocenters. The summed E-state index contributed by atoms with van der Waals surface area (Å²) in [4.78, 5) is 29.2. The molecule has 8 nitrogen and oxygen atoms in total. The van der Waals surface area contributed by atoms with Crippen LogP contribution in [0.5, 0.6) is 5.75 Å². The lowest BCUT2D eigenvalue weighted by Crippen LogP contribution is -2.49. The molecule has 0 saturated carbocycles. The zero-order chi connectivity index (χ0) is 27.5. The van der Waals surface area contributed by atoms with Crippen molar-refractivity contribution in [3.8, 4) is 5.75 Å². The fourth-order valence-corrected chi connectivity index (χ4v) is 6.13. The molecule has 200 valence electrons. The second kappa shape index (κ2) is 8.99. The summed E-state index contributed by atoms with van der Waals surface area (Å²) in [5, 5.41) is 19.9. The van der Waals surface area contributed by atoms with Gasteiger partial charge < -0.3 is 15.0 Å². The van der Waals surface area contributed by atoms with Gasteiger partial charge in [0, 0.05) is 38.3 Å². The summed E-state index contributed by atoms with van der Waals surface area (Å²) >= 11 is 6.08. The van der Waals surface area contributed by atoms with E-state index in [1.807, 2.05) is 24.3 Å². The molecule has 0 unspecified atom stereocenters. The number of fused-ring (bicyclic) bond motifs is 3. The molecule has 39 heavy (non-hydrogen) atoms. The van der Waals surface area contributed by atoms with Crippen molar-refractivity contribution in [3.05, 3.63) is 105 Å². The highest BCUT2D eigenvalue weighted by molar-refractivity contribution is 6.30. The van der Waals surface area contributed by atoms with Gasteiger partial charge in [-0.1, -0.05) is 41.9 Å². The number of carbonyl (C=O) groups excluding carboxylic acids is 1. The molecule has 1 amide bonds. The number of nitrogens with one attached hydrogen (secondary N) is 3. The smallest absolute Gasteiger partial charge is 0.406 e. The number of nitrogens with zero attached hydrogens (tertiary/aromatic N) is 1. The van der Waals surface area contributed by atoms with Gasteiger partial charge in [0.05, 0.1) is 12.0 Å². The molecule has 2 aliphatic rings. The minimum absolute atomic E-state index is 0.141. The molecule has 3 N–H and O–H groups in total. The highest BCUT2D eigenvalue weighted by Crippen LogP contribution is 2.53. The lowest BCUT2D eigenvalue weighted by atomic mass is 9.74. The molecule has 1 saturated heterocycles. The third-order valence-corrected chi connectivity index (χ3v) is 7.73. The Kier molecular flexibility index (Phi) is 5.81. The second-order valence-electron chi connectivity index (χ2n) is 9.64. The molecule has 1 fully saturated rings. The number of hydrogen-bond donors (Lipinski definition) is 3. The van der Waals surface area contributed by atoms with E-state index in [2.05, 4.69) is 20.4 Å². The maximum absolute atomic E-state index is 13.7. The van der Waals surface area contributed by atoms with Gasteiger partial charge in [-0.3, -0.25) is 20.2 Å². The zero-order valence-electron chi connectivity index (χ0n) is 20.0. The van der Waals surface area contributed by atoms with Crippen LogP contribution in [-0.2, 0) is 16.8 Å². The van der Waals surface area contributed by atoms with E-state index in [1.54, 1.807) is 30.5 Å². The summed E-state index contributed by atoms with van der Waals surface area (Å²) in [6.45, 7) is 0. The Hall–Kier alpha value is -4.09. The second-order valence-corrected chi connectivity index (χ2v) is 10.1. The van der Waals surface area contributed by atoms with Crippen molar-refractivity contribution in [2.45, 2.75) is 36.3 Å². The molecular weight excluding hydrogens is 537 g/mol. The SMILES string of the molecule is O=C1Nc2ccc(OC(F)(F)F)cc2[C@@]12N[C@H](Cc1c[nH]c3ccccc13)[C@@H]([N+](=O)[O-])[C@@H]2c1ccc(Cl)cc1. The normalized spacial score (nSPS) is 24.2. The van der Waals surface area contributed by atoms with E-state index in [0.717, 1.165) is 28.6 Å². The van der Waals surface area contributed by atoms with E-state index < -0.39 is 46.5 Å². The van der Waals surface area contributed by atoms with Gasteiger partial charge in [-0.25, -0.2) is 0 Å². The highest BCUT2D eigenvalue weighted by Gasteiger charge is 2.66. The fraction of sp³-hybridized carbons (Fsp3) is 0.222. The number of ether oxygens (including phenoxy) is 1. The molecule has 1 aromatic heterocycles. The topological polar surface area (TPSA) is 109 Å². The molecule has 6 rings (SSSR count). The lowest BCUT2D eigenvalue weighted by Gasteiger charge is -2.30. The quantitative estimate of drug-likeness (QED) is 0.222. The van der Waals surface area contributed by atoms with E-state index in [0.29, 0.717) is 10.6 Å². The number of alkyl halides is 3. The summed E-state index contributed by atoms with van der Waals surface area (Å²) in [6, 6.07) is 15.1. The number of para-hydroxylation sites is 1.